The van der Waals surface area contributed by atoms with Crippen molar-refractivity contribution in [3.05, 3.63) is 41.1 Å². The lowest BCUT2D eigenvalue weighted by molar-refractivity contribution is 1.02. The zero-order chi connectivity index (χ0) is 10.1. The van der Waals surface area contributed by atoms with Gasteiger partial charge >= 0.3 is 0 Å². The Morgan fingerprint density at radius 1 is 1.29 bits per heavy atom. The summed E-state index contributed by atoms with van der Waals surface area (Å²) in [5.41, 5.74) is 10.1. The minimum absolute atomic E-state index is 0.558. The van der Waals surface area contributed by atoms with Gasteiger partial charge in [0.2, 0.25) is 0 Å². The van der Waals surface area contributed by atoms with Crippen LogP contribution in [0.15, 0.2) is 24.3 Å². The van der Waals surface area contributed by atoms with Gasteiger partial charge in [-0.15, -0.1) is 0 Å². The van der Waals surface area contributed by atoms with Crippen LogP contribution in [0.4, 0.5) is 0 Å². The largest absolute Gasteiger partial charge is 0.326 e. The first-order chi connectivity index (χ1) is 6.72. The molecule has 0 saturated heterocycles. The van der Waals surface area contributed by atoms with E-state index in [4.69, 9.17) is 5.73 Å². The van der Waals surface area contributed by atoms with Crippen LogP contribution in [0.3, 0.4) is 0 Å². The summed E-state index contributed by atoms with van der Waals surface area (Å²) in [4.78, 5) is 4.57. The standard InChI is InChI=1S/C12H14N2/c1-8-4-3-5-10-6-11(7-13)9(2)14-12(8)10/h3-6H,7,13H2,1-2H3. The number of nitrogens with zero attached hydrogens (tertiary/aromatic N) is 1. The minimum Gasteiger partial charge on any atom is -0.326 e. The monoisotopic (exact) mass is 186 g/mol. The van der Waals surface area contributed by atoms with Crippen LogP contribution in [-0.4, -0.2) is 4.98 Å². The van der Waals surface area contributed by atoms with Crippen molar-refractivity contribution in [3.63, 3.8) is 0 Å². The molecule has 0 amide bonds. The van der Waals surface area contributed by atoms with Gasteiger partial charge in [0.05, 0.1) is 5.52 Å². The van der Waals surface area contributed by atoms with Crippen molar-refractivity contribution in [2.24, 2.45) is 5.73 Å². The highest BCUT2D eigenvalue weighted by atomic mass is 14.7. The highest BCUT2D eigenvalue weighted by molar-refractivity contribution is 5.82. The van der Waals surface area contributed by atoms with Crippen LogP contribution in [0.25, 0.3) is 10.9 Å². The average Bonchev–Trinajstić information content (AvgIpc) is 2.19. The molecule has 0 aliphatic rings. The van der Waals surface area contributed by atoms with E-state index in [2.05, 4.69) is 36.2 Å². The molecule has 1 heterocycles. The Morgan fingerprint density at radius 3 is 2.79 bits per heavy atom. The number of fused-ring (bicyclic) bond motifs is 1. The molecule has 0 fully saturated rings. The Balaban J connectivity index is 2.79. The zero-order valence-corrected chi connectivity index (χ0v) is 8.54. The molecule has 2 aromatic rings. The Morgan fingerprint density at radius 2 is 2.07 bits per heavy atom. The second kappa shape index (κ2) is 3.39. The normalized spacial score (nSPS) is 10.8. The molecule has 0 bridgehead atoms. The first-order valence-corrected chi connectivity index (χ1v) is 4.78. The molecule has 0 unspecified atom stereocenters. The van der Waals surface area contributed by atoms with E-state index in [1.165, 1.54) is 10.9 Å². The molecular weight excluding hydrogens is 172 g/mol. The molecule has 2 nitrogen and oxygen atoms in total. The average molecular weight is 186 g/mol. The number of pyridine rings is 1. The third-order valence-electron chi connectivity index (χ3n) is 2.56. The second-order valence-corrected chi connectivity index (χ2v) is 3.58. The topological polar surface area (TPSA) is 38.9 Å². The van der Waals surface area contributed by atoms with Gasteiger partial charge in [0.1, 0.15) is 0 Å². The summed E-state index contributed by atoms with van der Waals surface area (Å²) in [6.07, 6.45) is 0. The maximum absolute atomic E-state index is 5.64. The molecule has 1 aromatic carbocycles. The van der Waals surface area contributed by atoms with Gasteiger partial charge in [-0.05, 0) is 31.0 Å². The lowest BCUT2D eigenvalue weighted by atomic mass is 10.1. The minimum atomic E-state index is 0.558. The Hall–Kier alpha value is -1.41. The molecule has 0 atom stereocenters. The van der Waals surface area contributed by atoms with Gasteiger partial charge in [0, 0.05) is 17.6 Å². The lowest BCUT2D eigenvalue weighted by Crippen LogP contribution is -2.01. The van der Waals surface area contributed by atoms with Crippen LogP contribution in [0, 0.1) is 13.8 Å². The first kappa shape index (κ1) is 9.16. The molecule has 2 rings (SSSR count). The molecule has 0 radical (unpaired) electrons. The number of nitrogens with two attached hydrogens (primary N) is 1. The van der Waals surface area contributed by atoms with Crippen LogP contribution in [0.1, 0.15) is 16.8 Å². The fraction of sp³-hybridized carbons (Fsp3) is 0.250. The summed E-state index contributed by atoms with van der Waals surface area (Å²) in [6.45, 7) is 4.65. The Bertz CT molecular complexity index is 475. The summed E-state index contributed by atoms with van der Waals surface area (Å²) < 4.78 is 0. The highest BCUT2D eigenvalue weighted by Crippen LogP contribution is 2.19. The van der Waals surface area contributed by atoms with Crippen LogP contribution < -0.4 is 5.73 Å². The second-order valence-electron chi connectivity index (χ2n) is 3.58. The third kappa shape index (κ3) is 1.38. The van der Waals surface area contributed by atoms with E-state index in [1.807, 2.05) is 6.92 Å². The van der Waals surface area contributed by atoms with Crippen molar-refractivity contribution in [2.75, 3.05) is 0 Å². The molecular formula is C12H14N2. The number of hydrogen-bond acceptors (Lipinski definition) is 2. The quantitative estimate of drug-likeness (QED) is 0.742. The summed E-state index contributed by atoms with van der Waals surface area (Å²) in [7, 11) is 0. The van der Waals surface area contributed by atoms with Crippen molar-refractivity contribution < 1.29 is 0 Å². The molecule has 0 aliphatic heterocycles. The molecule has 1 aromatic heterocycles. The number of aryl methyl sites for hydroxylation is 2. The van der Waals surface area contributed by atoms with Gasteiger partial charge in [-0.2, -0.15) is 0 Å². The van der Waals surface area contributed by atoms with E-state index < -0.39 is 0 Å². The van der Waals surface area contributed by atoms with Crippen LogP contribution in [-0.2, 0) is 6.54 Å². The van der Waals surface area contributed by atoms with Gasteiger partial charge in [-0.3, -0.25) is 4.98 Å². The Labute approximate surface area is 83.8 Å². The van der Waals surface area contributed by atoms with Crippen molar-refractivity contribution in [1.29, 1.82) is 0 Å². The third-order valence-corrected chi connectivity index (χ3v) is 2.56. The molecule has 0 aliphatic carbocycles. The van der Waals surface area contributed by atoms with E-state index in [1.54, 1.807) is 0 Å². The van der Waals surface area contributed by atoms with Crippen molar-refractivity contribution in [1.82, 2.24) is 4.98 Å². The van der Waals surface area contributed by atoms with Crippen molar-refractivity contribution in [2.45, 2.75) is 20.4 Å². The summed E-state index contributed by atoms with van der Waals surface area (Å²) in [5.74, 6) is 0. The van der Waals surface area contributed by atoms with E-state index in [9.17, 15) is 0 Å². The summed E-state index contributed by atoms with van der Waals surface area (Å²) in [6, 6.07) is 8.34. The summed E-state index contributed by atoms with van der Waals surface area (Å²) in [5, 5.41) is 1.18. The van der Waals surface area contributed by atoms with E-state index in [0.29, 0.717) is 6.54 Å². The molecule has 0 saturated carbocycles. The van der Waals surface area contributed by atoms with E-state index in [0.717, 1.165) is 16.8 Å². The number of aromatic nitrogens is 1. The maximum Gasteiger partial charge on any atom is 0.0734 e. The van der Waals surface area contributed by atoms with Crippen LogP contribution in [0.2, 0.25) is 0 Å². The molecule has 14 heavy (non-hydrogen) atoms. The SMILES string of the molecule is Cc1nc2c(C)cccc2cc1CN. The maximum atomic E-state index is 5.64. The van der Waals surface area contributed by atoms with Gasteiger partial charge in [-0.25, -0.2) is 0 Å². The zero-order valence-electron chi connectivity index (χ0n) is 8.54. The predicted molar refractivity (Wildman–Crippen MR) is 59.1 cm³/mol. The van der Waals surface area contributed by atoms with Crippen LogP contribution >= 0.6 is 0 Å². The fourth-order valence-electron chi connectivity index (χ4n) is 1.69. The molecule has 2 N–H and O–H groups in total. The number of hydrogen-bond donors (Lipinski definition) is 1. The van der Waals surface area contributed by atoms with Crippen molar-refractivity contribution >= 4 is 10.9 Å². The number of para-hydroxylation sites is 1. The van der Waals surface area contributed by atoms with Crippen LogP contribution in [0.5, 0.6) is 0 Å². The molecule has 0 spiro atoms. The van der Waals surface area contributed by atoms with Gasteiger partial charge in [0.25, 0.3) is 0 Å². The van der Waals surface area contributed by atoms with Gasteiger partial charge < -0.3 is 5.73 Å². The lowest BCUT2D eigenvalue weighted by Gasteiger charge is -2.06. The summed E-state index contributed by atoms with van der Waals surface area (Å²) >= 11 is 0. The molecule has 72 valence electrons. The highest BCUT2D eigenvalue weighted by Gasteiger charge is 2.02. The number of rotatable bonds is 1. The fourth-order valence-corrected chi connectivity index (χ4v) is 1.69. The Kier molecular flexibility index (Phi) is 2.22. The van der Waals surface area contributed by atoms with Gasteiger partial charge in [-0.1, -0.05) is 18.2 Å². The smallest absolute Gasteiger partial charge is 0.0734 e. The van der Waals surface area contributed by atoms with Gasteiger partial charge in [0.15, 0.2) is 0 Å². The van der Waals surface area contributed by atoms with E-state index in [-0.39, 0.29) is 0 Å². The first-order valence-electron chi connectivity index (χ1n) is 4.78. The van der Waals surface area contributed by atoms with Crippen molar-refractivity contribution in [3.8, 4) is 0 Å². The predicted octanol–water partition coefficient (Wildman–Crippen LogP) is 2.31. The van der Waals surface area contributed by atoms with E-state index >= 15 is 0 Å². The number of benzene rings is 1. The molecule has 2 heteroatoms.